The maximum atomic E-state index is 13.2. The van der Waals surface area contributed by atoms with Crippen LogP contribution < -0.4 is 10.1 Å². The maximum absolute atomic E-state index is 13.2. The predicted molar refractivity (Wildman–Crippen MR) is 121 cm³/mol. The number of aromatic nitrogens is 2. The summed E-state index contributed by atoms with van der Waals surface area (Å²) in [6.45, 7) is 1.07. The van der Waals surface area contributed by atoms with Gasteiger partial charge >= 0.3 is 12.5 Å². The highest BCUT2D eigenvalue weighted by Gasteiger charge is 2.34. The van der Waals surface area contributed by atoms with Crippen molar-refractivity contribution in [1.82, 2.24) is 19.8 Å². The first-order valence-electron chi connectivity index (χ1n) is 11.7. The van der Waals surface area contributed by atoms with E-state index < -0.39 is 24.2 Å². The Kier molecular flexibility index (Phi) is 6.82. The van der Waals surface area contributed by atoms with E-state index in [2.05, 4.69) is 15.0 Å². The molecule has 0 bridgehead atoms. The van der Waals surface area contributed by atoms with Crippen LogP contribution in [0.15, 0.2) is 54.7 Å². The summed E-state index contributed by atoms with van der Waals surface area (Å²) < 4.78 is 88.6. The number of fused-ring (bicyclic) bond motifs is 1. The second kappa shape index (κ2) is 9.95. The Hall–Kier alpha value is -3.58. The highest BCUT2D eigenvalue weighted by atomic mass is 19.4. The lowest BCUT2D eigenvalue weighted by molar-refractivity contribution is -0.274. The smallest absolute Gasteiger partial charge is 0.406 e. The molecule has 0 saturated carbocycles. The first-order chi connectivity index (χ1) is 18.0. The molecule has 1 amide bonds. The molecule has 2 unspecified atom stereocenters. The molecule has 38 heavy (non-hydrogen) atoms. The fraction of sp³-hybridized carbons (Fsp3) is 0.360. The third-order valence-corrected chi connectivity index (χ3v) is 6.40. The monoisotopic (exact) mass is 540 g/mol. The molecule has 7 nitrogen and oxygen atoms in total. The number of benzene rings is 2. The van der Waals surface area contributed by atoms with Gasteiger partial charge in [0.2, 0.25) is 0 Å². The van der Waals surface area contributed by atoms with Crippen LogP contribution >= 0.6 is 0 Å². The van der Waals surface area contributed by atoms with Gasteiger partial charge in [-0.2, -0.15) is 13.2 Å². The molecule has 2 aliphatic heterocycles. The summed E-state index contributed by atoms with van der Waals surface area (Å²) in [7, 11) is 0. The molecular weight excluding hydrogens is 518 g/mol. The van der Waals surface area contributed by atoms with E-state index in [1.165, 1.54) is 35.2 Å². The van der Waals surface area contributed by atoms with Crippen molar-refractivity contribution in [3.05, 3.63) is 82.9 Å². The first-order valence-corrected chi connectivity index (χ1v) is 11.7. The minimum Gasteiger partial charge on any atom is -0.406 e. The quantitative estimate of drug-likeness (QED) is 0.479. The maximum Gasteiger partial charge on any atom is 0.573 e. The number of hydrogen-bond donors (Lipinski definition) is 1. The van der Waals surface area contributed by atoms with Gasteiger partial charge in [-0.15, -0.1) is 13.2 Å². The molecule has 0 aliphatic carbocycles. The van der Waals surface area contributed by atoms with E-state index >= 15 is 0 Å². The Morgan fingerprint density at radius 2 is 1.79 bits per heavy atom. The van der Waals surface area contributed by atoms with Gasteiger partial charge in [0.25, 0.3) is 5.91 Å². The van der Waals surface area contributed by atoms with E-state index in [9.17, 15) is 31.1 Å². The number of carbonyl (C=O) groups is 1. The molecule has 2 aliphatic rings. The number of ether oxygens (including phenoxy) is 2. The van der Waals surface area contributed by atoms with Crippen LogP contribution in [-0.4, -0.2) is 46.4 Å². The van der Waals surface area contributed by atoms with Gasteiger partial charge in [-0.3, -0.25) is 4.79 Å². The average Bonchev–Trinajstić information content (AvgIpc) is 3.30. The van der Waals surface area contributed by atoms with Gasteiger partial charge in [-0.05, 0) is 35.4 Å². The van der Waals surface area contributed by atoms with E-state index in [0.29, 0.717) is 23.5 Å². The van der Waals surface area contributed by atoms with Crippen LogP contribution in [0.2, 0.25) is 0 Å². The van der Waals surface area contributed by atoms with Gasteiger partial charge in [0.1, 0.15) is 23.4 Å². The van der Waals surface area contributed by atoms with E-state index in [-0.39, 0.29) is 49.6 Å². The summed E-state index contributed by atoms with van der Waals surface area (Å²) in [5.74, 6) is -0.133. The van der Waals surface area contributed by atoms with Gasteiger partial charge in [0.15, 0.2) is 0 Å². The van der Waals surface area contributed by atoms with Crippen LogP contribution in [-0.2, 0) is 24.0 Å². The Labute approximate surface area is 213 Å². The summed E-state index contributed by atoms with van der Waals surface area (Å²) >= 11 is 0. The number of imidazole rings is 1. The molecule has 1 aromatic heterocycles. The minimum atomic E-state index is -4.80. The minimum absolute atomic E-state index is 0.0647. The van der Waals surface area contributed by atoms with Gasteiger partial charge in [-0.25, -0.2) is 4.98 Å². The number of rotatable bonds is 4. The number of carbonyl (C=O) groups excluding carboxylic acids is 1. The van der Waals surface area contributed by atoms with Gasteiger partial charge in [0, 0.05) is 19.3 Å². The Morgan fingerprint density at radius 1 is 1.03 bits per heavy atom. The van der Waals surface area contributed by atoms with Gasteiger partial charge < -0.3 is 24.3 Å². The van der Waals surface area contributed by atoms with Crippen molar-refractivity contribution in [3.63, 3.8) is 0 Å². The molecule has 0 spiro atoms. The highest BCUT2D eigenvalue weighted by Crippen LogP contribution is 2.33. The predicted octanol–water partition coefficient (Wildman–Crippen LogP) is 4.86. The zero-order valence-electron chi connectivity index (χ0n) is 19.7. The summed E-state index contributed by atoms with van der Waals surface area (Å²) in [4.78, 5) is 19.1. The van der Waals surface area contributed by atoms with E-state index in [4.69, 9.17) is 4.74 Å². The van der Waals surface area contributed by atoms with Gasteiger partial charge in [-0.1, -0.05) is 24.3 Å². The molecule has 202 valence electrons. The standard InChI is InChI=1S/C25H22F6N4O3/c26-24(27,28)17-5-1-4-16(9-17)21-14-34(7-8-37-21)23(36)20-13-35-12-19(32-11-22(35)33-20)15-3-2-6-18(10-15)38-25(29,30)31/h1-6,9-10,13,19,21,32H,7-8,11-12,14H2. The normalized spacial score (nSPS) is 20.2. The van der Waals surface area contributed by atoms with Crippen LogP contribution in [0.4, 0.5) is 26.3 Å². The van der Waals surface area contributed by atoms with Crippen LogP contribution in [0.3, 0.4) is 0 Å². The molecule has 5 rings (SSSR count). The third kappa shape index (κ3) is 5.78. The van der Waals surface area contributed by atoms with Crippen LogP contribution in [0.5, 0.6) is 5.75 Å². The molecule has 1 N–H and O–H groups in total. The summed E-state index contributed by atoms with van der Waals surface area (Å²) in [6, 6.07) is 10.2. The Bertz CT molecular complexity index is 1320. The fourth-order valence-electron chi connectivity index (χ4n) is 4.60. The van der Waals surface area contributed by atoms with E-state index in [0.717, 1.165) is 12.1 Å². The molecule has 2 aromatic carbocycles. The number of nitrogens with one attached hydrogen (secondary N) is 1. The van der Waals surface area contributed by atoms with Crippen molar-refractivity contribution in [2.45, 2.75) is 37.8 Å². The van der Waals surface area contributed by atoms with Crippen molar-refractivity contribution < 1.29 is 40.6 Å². The number of alkyl halides is 6. The van der Waals surface area contributed by atoms with Crippen LogP contribution in [0.25, 0.3) is 0 Å². The summed E-state index contributed by atoms with van der Waals surface area (Å²) in [6.07, 6.45) is -8.43. The number of amides is 1. The fourth-order valence-corrected chi connectivity index (χ4v) is 4.60. The second-order valence-corrected chi connectivity index (χ2v) is 8.98. The highest BCUT2D eigenvalue weighted by molar-refractivity contribution is 5.92. The number of hydrogen-bond acceptors (Lipinski definition) is 5. The number of morpholine rings is 1. The molecule has 2 atom stereocenters. The average molecular weight is 540 g/mol. The lowest BCUT2D eigenvalue weighted by Crippen LogP contribution is -2.42. The van der Waals surface area contributed by atoms with Crippen molar-refractivity contribution in [1.29, 1.82) is 0 Å². The molecule has 0 radical (unpaired) electrons. The first kappa shape index (κ1) is 26.0. The SMILES string of the molecule is O=C(c1cn2c(n1)CNC(c1cccc(OC(F)(F)F)c1)C2)N1CCOC(c2cccc(C(F)(F)F)c2)C1. The Morgan fingerprint density at radius 3 is 2.55 bits per heavy atom. The molecule has 3 heterocycles. The van der Waals surface area contributed by atoms with E-state index in [1.807, 2.05) is 0 Å². The molecule has 1 saturated heterocycles. The molecular formula is C25H22F6N4O3. The van der Waals surface area contributed by atoms with Crippen LogP contribution in [0, 0.1) is 0 Å². The van der Waals surface area contributed by atoms with Gasteiger partial charge in [0.05, 0.1) is 31.3 Å². The topological polar surface area (TPSA) is 68.6 Å². The zero-order chi connectivity index (χ0) is 27.1. The molecule has 3 aromatic rings. The van der Waals surface area contributed by atoms with Crippen molar-refractivity contribution in [3.8, 4) is 5.75 Å². The van der Waals surface area contributed by atoms with Crippen molar-refractivity contribution in [2.75, 3.05) is 19.7 Å². The number of nitrogens with zero attached hydrogens (tertiary/aromatic N) is 3. The third-order valence-electron chi connectivity index (χ3n) is 6.40. The lowest BCUT2D eigenvalue weighted by Gasteiger charge is -2.33. The van der Waals surface area contributed by atoms with E-state index in [1.54, 1.807) is 16.8 Å². The molecule has 13 heteroatoms. The lowest BCUT2D eigenvalue weighted by atomic mass is 10.0. The Balaban J connectivity index is 1.28. The van der Waals surface area contributed by atoms with Crippen molar-refractivity contribution in [2.24, 2.45) is 0 Å². The summed E-state index contributed by atoms with van der Waals surface area (Å²) in [5.41, 5.74) is 0.281. The second-order valence-electron chi connectivity index (χ2n) is 8.98. The number of halogens is 6. The van der Waals surface area contributed by atoms with Crippen LogP contribution in [0.1, 0.15) is 45.1 Å². The molecule has 1 fully saturated rings. The van der Waals surface area contributed by atoms with Crippen molar-refractivity contribution >= 4 is 5.91 Å². The zero-order valence-corrected chi connectivity index (χ0v) is 19.7. The largest absolute Gasteiger partial charge is 0.573 e. The summed E-state index contributed by atoms with van der Waals surface area (Å²) in [5, 5.41) is 3.20.